The molecular formula is C24H20BrClN2O2S. The molecule has 5 rings (SSSR count). The molecule has 158 valence electrons. The Morgan fingerprint density at radius 1 is 1.03 bits per heavy atom. The zero-order chi connectivity index (χ0) is 21.6. The van der Waals surface area contributed by atoms with Crippen molar-refractivity contribution in [2.24, 2.45) is 5.92 Å². The molecular weight excluding hydrogens is 496 g/mol. The van der Waals surface area contributed by atoms with E-state index in [0.717, 1.165) is 22.1 Å². The van der Waals surface area contributed by atoms with Gasteiger partial charge < -0.3 is 5.32 Å². The lowest BCUT2D eigenvalue weighted by Crippen LogP contribution is -2.29. The van der Waals surface area contributed by atoms with Crippen molar-refractivity contribution in [1.29, 1.82) is 0 Å². The lowest BCUT2D eigenvalue weighted by Gasteiger charge is -2.37. The van der Waals surface area contributed by atoms with Crippen LogP contribution in [-0.4, -0.2) is 8.42 Å². The lowest BCUT2D eigenvalue weighted by molar-refractivity contribution is 0.425. The summed E-state index contributed by atoms with van der Waals surface area (Å²) in [6, 6.07) is 20.5. The number of nitrogens with one attached hydrogen (secondary N) is 2. The highest BCUT2D eigenvalue weighted by Gasteiger charge is 2.38. The van der Waals surface area contributed by atoms with Gasteiger partial charge in [0.25, 0.3) is 10.0 Å². The quantitative estimate of drug-likeness (QED) is 0.379. The maximum atomic E-state index is 13.0. The minimum Gasteiger partial charge on any atom is -0.378 e. The normalized spacial score (nSPS) is 21.8. The second-order valence-electron chi connectivity index (χ2n) is 7.89. The number of fused-ring (bicyclic) bond motifs is 3. The Balaban J connectivity index is 1.49. The minimum absolute atomic E-state index is 0.166. The van der Waals surface area contributed by atoms with Crippen LogP contribution >= 0.6 is 27.5 Å². The fourth-order valence-electron chi connectivity index (χ4n) is 4.50. The van der Waals surface area contributed by atoms with Crippen LogP contribution in [0.2, 0.25) is 5.02 Å². The minimum atomic E-state index is -3.71. The van der Waals surface area contributed by atoms with E-state index in [9.17, 15) is 8.42 Å². The molecule has 0 saturated heterocycles. The summed E-state index contributed by atoms with van der Waals surface area (Å²) in [5, 5.41) is 4.21. The summed E-state index contributed by atoms with van der Waals surface area (Å²) >= 11 is 9.47. The molecule has 1 heterocycles. The molecule has 1 aliphatic carbocycles. The fraction of sp³-hybridized carbons (Fsp3) is 0.167. The first-order chi connectivity index (χ1) is 14.9. The molecule has 31 heavy (non-hydrogen) atoms. The Hall–Kier alpha value is -2.28. The van der Waals surface area contributed by atoms with Crippen molar-refractivity contribution < 1.29 is 8.42 Å². The molecule has 0 saturated carbocycles. The SMILES string of the molecule is O=S(=O)(Nc1ccc(Cl)cc1)c1ccc2c(c1)[C@H]1C=CC[C@H]1[C@@H](c1cccc(Br)c1)N2. The maximum Gasteiger partial charge on any atom is 0.261 e. The highest BCUT2D eigenvalue weighted by atomic mass is 79.9. The largest absolute Gasteiger partial charge is 0.378 e. The molecule has 3 atom stereocenters. The van der Waals surface area contributed by atoms with Gasteiger partial charge in [0.15, 0.2) is 0 Å². The standard InChI is InChI=1S/C24H20BrClN2O2S/c25-16-4-1-3-15(13-16)24-21-6-2-5-20(21)22-14-19(11-12-23(22)27-24)31(29,30)28-18-9-7-17(26)8-10-18/h1-5,7-14,20-21,24,27-28H,6H2/t20-,21+,24+/m0/s1. The van der Waals surface area contributed by atoms with Crippen LogP contribution in [0, 0.1) is 5.92 Å². The summed E-state index contributed by atoms with van der Waals surface area (Å²) in [7, 11) is -3.71. The summed E-state index contributed by atoms with van der Waals surface area (Å²) in [4.78, 5) is 0.253. The van der Waals surface area contributed by atoms with Gasteiger partial charge in [0, 0.05) is 26.8 Å². The van der Waals surface area contributed by atoms with E-state index >= 15 is 0 Å². The fourth-order valence-corrected chi connectivity index (χ4v) is 6.14. The number of hydrogen-bond acceptors (Lipinski definition) is 3. The van der Waals surface area contributed by atoms with Crippen LogP contribution in [0.3, 0.4) is 0 Å². The molecule has 0 fully saturated rings. The monoisotopic (exact) mass is 514 g/mol. The van der Waals surface area contributed by atoms with Crippen molar-refractivity contribution in [2.45, 2.75) is 23.3 Å². The first-order valence-corrected chi connectivity index (χ1v) is 12.7. The van der Waals surface area contributed by atoms with Gasteiger partial charge in [0.1, 0.15) is 0 Å². The number of sulfonamides is 1. The van der Waals surface area contributed by atoms with E-state index in [1.807, 2.05) is 18.2 Å². The van der Waals surface area contributed by atoms with E-state index in [1.54, 1.807) is 36.4 Å². The van der Waals surface area contributed by atoms with Crippen molar-refractivity contribution in [1.82, 2.24) is 0 Å². The third-order valence-electron chi connectivity index (χ3n) is 5.95. The predicted octanol–water partition coefficient (Wildman–Crippen LogP) is 6.73. The molecule has 0 amide bonds. The van der Waals surface area contributed by atoms with E-state index < -0.39 is 10.0 Å². The summed E-state index contributed by atoms with van der Waals surface area (Å²) in [5.74, 6) is 0.509. The zero-order valence-electron chi connectivity index (χ0n) is 16.4. The first-order valence-electron chi connectivity index (χ1n) is 10.0. The Kier molecular flexibility index (Phi) is 5.32. The number of rotatable bonds is 4. The summed E-state index contributed by atoms with van der Waals surface area (Å²) < 4.78 is 29.7. The van der Waals surface area contributed by atoms with Gasteiger partial charge in [-0.15, -0.1) is 0 Å². The molecule has 4 nitrogen and oxygen atoms in total. The van der Waals surface area contributed by atoms with Crippen molar-refractivity contribution in [3.8, 4) is 0 Å². The van der Waals surface area contributed by atoms with Gasteiger partial charge in [-0.2, -0.15) is 0 Å². The van der Waals surface area contributed by atoms with Crippen molar-refractivity contribution >= 4 is 48.9 Å². The highest BCUT2D eigenvalue weighted by molar-refractivity contribution is 9.10. The van der Waals surface area contributed by atoms with Crippen LogP contribution in [0.1, 0.15) is 29.5 Å². The summed E-state index contributed by atoms with van der Waals surface area (Å²) in [6.45, 7) is 0. The van der Waals surface area contributed by atoms with Crippen LogP contribution in [0.25, 0.3) is 0 Å². The average Bonchev–Trinajstić information content (AvgIpc) is 3.24. The number of allylic oxidation sites excluding steroid dienone is 2. The smallest absolute Gasteiger partial charge is 0.261 e. The van der Waals surface area contributed by atoms with Gasteiger partial charge in [-0.05, 0) is 78.1 Å². The van der Waals surface area contributed by atoms with Crippen LogP contribution in [-0.2, 0) is 10.0 Å². The van der Waals surface area contributed by atoms with E-state index in [-0.39, 0.29) is 16.9 Å². The molecule has 2 aliphatic rings. The number of hydrogen-bond donors (Lipinski definition) is 2. The third kappa shape index (κ3) is 4.00. The lowest BCUT2D eigenvalue weighted by atomic mass is 9.77. The van der Waals surface area contributed by atoms with Gasteiger partial charge in [-0.1, -0.05) is 51.8 Å². The topological polar surface area (TPSA) is 58.2 Å². The van der Waals surface area contributed by atoms with Crippen LogP contribution < -0.4 is 10.0 Å². The van der Waals surface area contributed by atoms with E-state index in [4.69, 9.17) is 11.6 Å². The molecule has 0 aromatic heterocycles. The molecule has 0 spiro atoms. The molecule has 3 aromatic rings. The Labute approximate surface area is 195 Å². The van der Waals surface area contributed by atoms with Crippen LogP contribution in [0.5, 0.6) is 0 Å². The van der Waals surface area contributed by atoms with Crippen LogP contribution in [0.15, 0.2) is 88.3 Å². The van der Waals surface area contributed by atoms with E-state index in [1.165, 1.54) is 5.56 Å². The number of halogens is 2. The van der Waals surface area contributed by atoms with Gasteiger partial charge in [-0.3, -0.25) is 4.72 Å². The molecule has 0 bridgehead atoms. The first kappa shape index (κ1) is 20.6. The van der Waals surface area contributed by atoms with Crippen molar-refractivity contribution in [3.05, 3.63) is 99.5 Å². The maximum absolute atomic E-state index is 13.0. The number of anilines is 2. The average molecular weight is 516 g/mol. The van der Waals surface area contributed by atoms with Gasteiger partial charge in [0.05, 0.1) is 10.9 Å². The molecule has 2 N–H and O–H groups in total. The molecule has 3 aromatic carbocycles. The Morgan fingerprint density at radius 2 is 1.84 bits per heavy atom. The third-order valence-corrected chi connectivity index (χ3v) is 8.07. The van der Waals surface area contributed by atoms with Gasteiger partial charge >= 0.3 is 0 Å². The van der Waals surface area contributed by atoms with Gasteiger partial charge in [0.2, 0.25) is 0 Å². The molecule has 0 radical (unpaired) electrons. The zero-order valence-corrected chi connectivity index (χ0v) is 19.6. The second kappa shape index (κ2) is 8.01. The Morgan fingerprint density at radius 3 is 2.61 bits per heavy atom. The predicted molar refractivity (Wildman–Crippen MR) is 129 cm³/mol. The molecule has 1 aliphatic heterocycles. The van der Waals surface area contributed by atoms with E-state index in [0.29, 0.717) is 16.6 Å². The molecule has 7 heteroatoms. The Bertz CT molecular complexity index is 1270. The molecule has 0 unspecified atom stereocenters. The number of benzene rings is 3. The van der Waals surface area contributed by atoms with Gasteiger partial charge in [-0.25, -0.2) is 8.42 Å². The highest BCUT2D eigenvalue weighted by Crippen LogP contribution is 2.50. The second-order valence-corrected chi connectivity index (χ2v) is 10.9. The van der Waals surface area contributed by atoms with Crippen LogP contribution in [0.4, 0.5) is 11.4 Å². The van der Waals surface area contributed by atoms with Crippen molar-refractivity contribution in [2.75, 3.05) is 10.0 Å². The van der Waals surface area contributed by atoms with Crippen molar-refractivity contribution in [3.63, 3.8) is 0 Å². The van der Waals surface area contributed by atoms with E-state index in [2.05, 4.69) is 50.3 Å². The summed E-state index contributed by atoms with van der Waals surface area (Å²) in [5.41, 5.74) is 3.70. The summed E-state index contributed by atoms with van der Waals surface area (Å²) in [6.07, 6.45) is 5.36.